The standard InChI is InChI=1S/C10H17N3O3S/c1-3-7-13-9(4-6-11-13)12-10(14)5-8-17(2,15)16/h4,6H,3,5,7-8H2,1-2H3,(H,12,14). The van der Waals surface area contributed by atoms with E-state index in [2.05, 4.69) is 10.4 Å². The van der Waals surface area contributed by atoms with Crippen molar-refractivity contribution in [2.75, 3.05) is 17.3 Å². The molecule has 1 amide bonds. The summed E-state index contributed by atoms with van der Waals surface area (Å²) in [6.07, 6.45) is 3.59. The molecule has 1 rings (SSSR count). The van der Waals surface area contributed by atoms with Crippen LogP contribution in [0, 0.1) is 0 Å². The number of carbonyl (C=O) groups is 1. The fourth-order valence-electron chi connectivity index (χ4n) is 1.31. The SMILES string of the molecule is CCCn1nccc1NC(=O)CCS(C)(=O)=O. The van der Waals surface area contributed by atoms with Crippen LogP contribution >= 0.6 is 0 Å². The van der Waals surface area contributed by atoms with E-state index in [4.69, 9.17) is 0 Å². The molecule has 1 N–H and O–H groups in total. The second kappa shape index (κ2) is 5.81. The van der Waals surface area contributed by atoms with Gasteiger partial charge in [0.2, 0.25) is 5.91 Å². The number of aryl methyl sites for hydroxylation is 1. The minimum Gasteiger partial charge on any atom is -0.311 e. The van der Waals surface area contributed by atoms with Crippen molar-refractivity contribution >= 4 is 21.6 Å². The van der Waals surface area contributed by atoms with Crippen LogP contribution in [0.15, 0.2) is 12.3 Å². The number of aromatic nitrogens is 2. The number of carbonyl (C=O) groups excluding carboxylic acids is 1. The second-order valence-electron chi connectivity index (χ2n) is 3.87. The Labute approximate surface area is 101 Å². The first kappa shape index (κ1) is 13.7. The third kappa shape index (κ3) is 4.99. The molecule has 0 spiro atoms. The van der Waals surface area contributed by atoms with Crippen molar-refractivity contribution < 1.29 is 13.2 Å². The molecule has 17 heavy (non-hydrogen) atoms. The van der Waals surface area contributed by atoms with E-state index in [0.29, 0.717) is 12.4 Å². The van der Waals surface area contributed by atoms with Crippen LogP contribution < -0.4 is 5.32 Å². The number of sulfone groups is 1. The summed E-state index contributed by atoms with van der Waals surface area (Å²) in [5.74, 6) is 0.152. The summed E-state index contributed by atoms with van der Waals surface area (Å²) >= 11 is 0. The average Bonchev–Trinajstić information content (AvgIpc) is 2.63. The molecule has 0 aliphatic rings. The molecule has 96 valence electrons. The Bertz CT molecular complexity index is 479. The third-order valence-electron chi connectivity index (χ3n) is 2.12. The Kier molecular flexibility index (Phi) is 4.68. The van der Waals surface area contributed by atoms with Gasteiger partial charge in [0, 0.05) is 25.3 Å². The molecule has 0 aromatic carbocycles. The zero-order valence-corrected chi connectivity index (χ0v) is 10.8. The van der Waals surface area contributed by atoms with E-state index < -0.39 is 9.84 Å². The minimum absolute atomic E-state index is 0.0316. The smallest absolute Gasteiger partial charge is 0.226 e. The van der Waals surface area contributed by atoms with Crippen LogP contribution in [0.1, 0.15) is 19.8 Å². The van der Waals surface area contributed by atoms with Crippen molar-refractivity contribution in [2.45, 2.75) is 26.3 Å². The van der Waals surface area contributed by atoms with Gasteiger partial charge in [-0.25, -0.2) is 13.1 Å². The summed E-state index contributed by atoms with van der Waals surface area (Å²) in [6.45, 7) is 2.73. The third-order valence-corrected chi connectivity index (χ3v) is 3.07. The molecule has 7 heteroatoms. The molecule has 0 radical (unpaired) electrons. The summed E-state index contributed by atoms with van der Waals surface area (Å²) in [5, 5.41) is 6.70. The number of hydrogen-bond donors (Lipinski definition) is 1. The zero-order chi connectivity index (χ0) is 12.9. The van der Waals surface area contributed by atoms with Gasteiger partial charge in [-0.2, -0.15) is 5.10 Å². The van der Waals surface area contributed by atoms with E-state index in [0.717, 1.165) is 12.7 Å². The molecule has 0 bridgehead atoms. The largest absolute Gasteiger partial charge is 0.311 e. The van der Waals surface area contributed by atoms with Crippen molar-refractivity contribution in [1.29, 1.82) is 0 Å². The van der Waals surface area contributed by atoms with Crippen LogP contribution in [-0.4, -0.2) is 36.1 Å². The number of amides is 1. The maximum Gasteiger partial charge on any atom is 0.226 e. The lowest BCUT2D eigenvalue weighted by Crippen LogP contribution is -2.18. The lowest BCUT2D eigenvalue weighted by Gasteiger charge is -2.07. The maximum atomic E-state index is 11.5. The van der Waals surface area contributed by atoms with E-state index >= 15 is 0 Å². The van der Waals surface area contributed by atoms with Crippen LogP contribution in [0.25, 0.3) is 0 Å². The number of nitrogens with zero attached hydrogens (tertiary/aromatic N) is 2. The van der Waals surface area contributed by atoms with Crippen LogP contribution in [-0.2, 0) is 21.2 Å². The summed E-state index contributed by atoms with van der Waals surface area (Å²) < 4.78 is 23.5. The molecule has 0 saturated carbocycles. The van der Waals surface area contributed by atoms with Crippen molar-refractivity contribution in [2.24, 2.45) is 0 Å². The van der Waals surface area contributed by atoms with Gasteiger partial charge in [-0.3, -0.25) is 4.79 Å². The van der Waals surface area contributed by atoms with Crippen LogP contribution in [0.2, 0.25) is 0 Å². The van der Waals surface area contributed by atoms with Crippen molar-refractivity contribution in [3.8, 4) is 0 Å². The molecule has 0 fully saturated rings. The average molecular weight is 259 g/mol. The van der Waals surface area contributed by atoms with Gasteiger partial charge < -0.3 is 5.32 Å². The van der Waals surface area contributed by atoms with E-state index in [1.165, 1.54) is 0 Å². The van der Waals surface area contributed by atoms with Crippen LogP contribution in [0.4, 0.5) is 5.82 Å². The van der Waals surface area contributed by atoms with E-state index in [1.54, 1.807) is 16.9 Å². The van der Waals surface area contributed by atoms with E-state index in [1.807, 2.05) is 6.92 Å². The Morgan fingerprint density at radius 1 is 1.53 bits per heavy atom. The first-order valence-corrected chi connectivity index (χ1v) is 7.48. The van der Waals surface area contributed by atoms with Crippen molar-refractivity contribution in [1.82, 2.24) is 9.78 Å². The van der Waals surface area contributed by atoms with Gasteiger partial charge in [0.15, 0.2) is 0 Å². The number of anilines is 1. The second-order valence-corrected chi connectivity index (χ2v) is 6.13. The predicted molar refractivity (Wildman–Crippen MR) is 65.5 cm³/mol. The fourth-order valence-corrected chi connectivity index (χ4v) is 1.87. The fraction of sp³-hybridized carbons (Fsp3) is 0.600. The van der Waals surface area contributed by atoms with E-state index in [-0.39, 0.29) is 18.1 Å². The molecule has 6 nitrogen and oxygen atoms in total. The molecule has 0 unspecified atom stereocenters. The van der Waals surface area contributed by atoms with Crippen LogP contribution in [0.5, 0.6) is 0 Å². The number of rotatable bonds is 6. The van der Waals surface area contributed by atoms with Gasteiger partial charge in [-0.1, -0.05) is 6.92 Å². The highest BCUT2D eigenvalue weighted by molar-refractivity contribution is 7.90. The summed E-state index contributed by atoms with van der Waals surface area (Å²) in [4.78, 5) is 11.5. The van der Waals surface area contributed by atoms with Crippen molar-refractivity contribution in [3.05, 3.63) is 12.3 Å². The highest BCUT2D eigenvalue weighted by Crippen LogP contribution is 2.07. The van der Waals surface area contributed by atoms with E-state index in [9.17, 15) is 13.2 Å². The van der Waals surface area contributed by atoms with Gasteiger partial charge in [0.05, 0.1) is 11.9 Å². The predicted octanol–water partition coefficient (Wildman–Crippen LogP) is 0.666. The molecule has 1 heterocycles. The lowest BCUT2D eigenvalue weighted by molar-refractivity contribution is -0.115. The van der Waals surface area contributed by atoms with Gasteiger partial charge >= 0.3 is 0 Å². The van der Waals surface area contributed by atoms with Gasteiger partial charge in [-0.15, -0.1) is 0 Å². The molecule has 0 saturated heterocycles. The van der Waals surface area contributed by atoms with Gasteiger partial charge in [-0.05, 0) is 6.42 Å². The molecular formula is C10H17N3O3S. The van der Waals surface area contributed by atoms with Crippen LogP contribution in [0.3, 0.4) is 0 Å². The van der Waals surface area contributed by atoms with Gasteiger partial charge in [0.25, 0.3) is 0 Å². The minimum atomic E-state index is -3.10. The first-order chi connectivity index (χ1) is 7.92. The Morgan fingerprint density at radius 2 is 2.24 bits per heavy atom. The lowest BCUT2D eigenvalue weighted by atomic mass is 10.4. The Morgan fingerprint density at radius 3 is 2.82 bits per heavy atom. The normalized spacial score (nSPS) is 11.4. The molecule has 1 aromatic rings. The highest BCUT2D eigenvalue weighted by atomic mass is 32.2. The highest BCUT2D eigenvalue weighted by Gasteiger charge is 2.10. The number of nitrogens with one attached hydrogen (secondary N) is 1. The Balaban J connectivity index is 2.53. The molecule has 0 aliphatic heterocycles. The zero-order valence-electron chi connectivity index (χ0n) is 10.0. The maximum absolute atomic E-state index is 11.5. The Hall–Kier alpha value is -1.37. The first-order valence-electron chi connectivity index (χ1n) is 5.42. The quantitative estimate of drug-likeness (QED) is 0.814. The monoisotopic (exact) mass is 259 g/mol. The van der Waals surface area contributed by atoms with Crippen molar-refractivity contribution in [3.63, 3.8) is 0 Å². The molecular weight excluding hydrogens is 242 g/mol. The van der Waals surface area contributed by atoms with Gasteiger partial charge in [0.1, 0.15) is 15.7 Å². The molecule has 0 aliphatic carbocycles. The number of hydrogen-bond acceptors (Lipinski definition) is 4. The summed E-state index contributed by atoms with van der Waals surface area (Å²) in [7, 11) is -3.10. The topological polar surface area (TPSA) is 81.1 Å². The summed E-state index contributed by atoms with van der Waals surface area (Å²) in [6, 6.07) is 1.69. The molecule has 1 aromatic heterocycles. The summed E-state index contributed by atoms with van der Waals surface area (Å²) in [5.41, 5.74) is 0. The molecule has 0 atom stereocenters.